The molecule has 2 aromatic heterocycles. The van der Waals surface area contributed by atoms with Crippen LogP contribution in [0.25, 0.3) is 21.3 Å². The Kier molecular flexibility index (Phi) is 16.0. The molecular formula is C29H28F9N5O7S. The number of nitrogens with zero attached hydrogens (tertiary/aromatic N) is 4. The number of alkyl halides is 9. The molecule has 12 nitrogen and oxygen atoms in total. The van der Waals surface area contributed by atoms with Gasteiger partial charge in [-0.3, -0.25) is 9.89 Å². The summed E-state index contributed by atoms with van der Waals surface area (Å²) < 4.78 is 96.2. The minimum atomic E-state index is -5.08. The molecule has 0 radical (unpaired) electrons. The number of hydrogen-bond donors (Lipinski definition) is 4. The zero-order chi connectivity index (χ0) is 39.3. The van der Waals surface area contributed by atoms with E-state index in [1.807, 2.05) is 43.4 Å². The van der Waals surface area contributed by atoms with Crippen LogP contribution in [0.1, 0.15) is 20.9 Å². The first-order valence-electron chi connectivity index (χ1n) is 13.6. The number of rotatable bonds is 7. The Hall–Kier alpha value is -5.25. The van der Waals surface area contributed by atoms with Gasteiger partial charge < -0.3 is 25.1 Å². The molecule has 2 aromatic carbocycles. The molecule has 0 aliphatic rings. The highest BCUT2D eigenvalue weighted by Gasteiger charge is 2.39. The van der Waals surface area contributed by atoms with Gasteiger partial charge in [0.25, 0.3) is 5.91 Å². The van der Waals surface area contributed by atoms with Gasteiger partial charge in [-0.05, 0) is 44.3 Å². The number of aryl methyl sites for hydroxylation is 1. The lowest BCUT2D eigenvalue weighted by atomic mass is 10.1. The van der Waals surface area contributed by atoms with E-state index in [0.717, 1.165) is 33.5 Å². The van der Waals surface area contributed by atoms with Crippen LogP contribution in [0.5, 0.6) is 0 Å². The van der Waals surface area contributed by atoms with Crippen molar-refractivity contribution in [3.63, 3.8) is 0 Å². The Morgan fingerprint density at radius 3 is 1.75 bits per heavy atom. The zero-order valence-electron chi connectivity index (χ0n) is 26.4. The maximum absolute atomic E-state index is 13.4. The molecule has 0 fully saturated rings. The SMILES string of the molecule is Cc1cccc(CN(CCN(C)C)C(=O)c2nc3ccc(-c4cn[nH]c4)cc3s2)c1.O=C(O)C(F)(F)F.O=C(O)C(F)(F)F.O=C(O)C(F)(F)F. The van der Waals surface area contributed by atoms with Crippen LogP contribution in [0.3, 0.4) is 0 Å². The van der Waals surface area contributed by atoms with Crippen molar-refractivity contribution in [2.24, 2.45) is 0 Å². The van der Waals surface area contributed by atoms with Gasteiger partial charge in [-0.15, -0.1) is 11.3 Å². The molecule has 280 valence electrons. The van der Waals surface area contributed by atoms with Crippen molar-refractivity contribution in [3.05, 3.63) is 71.0 Å². The Balaban J connectivity index is 0.000000505. The van der Waals surface area contributed by atoms with Gasteiger partial charge in [0.2, 0.25) is 0 Å². The molecule has 0 unspecified atom stereocenters. The highest BCUT2D eigenvalue weighted by Crippen LogP contribution is 2.29. The first-order valence-corrected chi connectivity index (χ1v) is 14.4. The molecule has 0 atom stereocenters. The number of fused-ring (bicyclic) bond motifs is 1. The van der Waals surface area contributed by atoms with Gasteiger partial charge >= 0.3 is 36.4 Å². The van der Waals surface area contributed by atoms with E-state index in [4.69, 9.17) is 29.7 Å². The highest BCUT2D eigenvalue weighted by atomic mass is 32.1. The Bertz CT molecular complexity index is 1700. The maximum Gasteiger partial charge on any atom is 0.490 e. The number of carboxylic acid groups (broad SMARTS) is 3. The third-order valence-electron chi connectivity index (χ3n) is 5.69. The minimum Gasteiger partial charge on any atom is -0.475 e. The van der Waals surface area contributed by atoms with E-state index in [1.165, 1.54) is 16.9 Å². The molecule has 0 saturated carbocycles. The van der Waals surface area contributed by atoms with Crippen LogP contribution < -0.4 is 0 Å². The lowest BCUT2D eigenvalue weighted by Crippen LogP contribution is -2.36. The van der Waals surface area contributed by atoms with Gasteiger partial charge in [0.05, 0.1) is 16.4 Å². The standard InChI is InChI=1S/C23H25N5OS.3C2HF3O2/c1-16-5-4-6-17(11-16)15-28(10-9-27(2)3)23(29)22-26-20-8-7-18(12-21(20)30-22)19-13-24-25-14-19;3*3-2(4,5)1(6)7/h4-8,11-14H,9-10,15H2,1-3H3,(H,24,25);3*(H,6,7). The summed E-state index contributed by atoms with van der Waals surface area (Å²) in [6, 6.07) is 14.4. The molecule has 4 rings (SSSR count). The van der Waals surface area contributed by atoms with Crippen LogP contribution in [0.15, 0.2) is 54.9 Å². The largest absolute Gasteiger partial charge is 0.490 e. The summed E-state index contributed by atoms with van der Waals surface area (Å²) in [7, 11) is 4.04. The average molecular weight is 762 g/mol. The first kappa shape index (κ1) is 43.8. The lowest BCUT2D eigenvalue weighted by molar-refractivity contribution is -0.193. The van der Waals surface area contributed by atoms with Crippen molar-refractivity contribution in [3.8, 4) is 11.1 Å². The van der Waals surface area contributed by atoms with Gasteiger partial charge in [-0.2, -0.15) is 44.6 Å². The molecule has 4 aromatic rings. The number of aliphatic carboxylic acids is 3. The molecule has 4 N–H and O–H groups in total. The zero-order valence-corrected chi connectivity index (χ0v) is 27.2. The van der Waals surface area contributed by atoms with Crippen molar-refractivity contribution in [2.45, 2.75) is 32.0 Å². The van der Waals surface area contributed by atoms with E-state index in [0.29, 0.717) is 18.1 Å². The molecule has 22 heteroatoms. The smallest absolute Gasteiger partial charge is 0.475 e. The number of carbonyl (C=O) groups excluding carboxylic acids is 1. The molecule has 2 heterocycles. The number of benzene rings is 2. The first-order chi connectivity index (χ1) is 23.3. The van der Waals surface area contributed by atoms with Crippen LogP contribution >= 0.6 is 11.3 Å². The second kappa shape index (κ2) is 18.7. The van der Waals surface area contributed by atoms with Crippen LogP contribution in [0.4, 0.5) is 39.5 Å². The summed E-state index contributed by atoms with van der Waals surface area (Å²) >= 11 is 1.45. The summed E-state index contributed by atoms with van der Waals surface area (Å²) in [4.78, 5) is 48.7. The molecule has 0 spiro atoms. The van der Waals surface area contributed by atoms with E-state index in [-0.39, 0.29) is 5.91 Å². The molecule has 51 heavy (non-hydrogen) atoms. The molecule has 0 aliphatic heterocycles. The fourth-order valence-corrected chi connectivity index (χ4v) is 4.32. The predicted octanol–water partition coefficient (Wildman–Crippen LogP) is 6.10. The van der Waals surface area contributed by atoms with Gasteiger partial charge in [0, 0.05) is 31.4 Å². The van der Waals surface area contributed by atoms with Gasteiger partial charge in [-0.25, -0.2) is 19.4 Å². The van der Waals surface area contributed by atoms with Crippen molar-refractivity contribution in [1.29, 1.82) is 0 Å². The molecular weight excluding hydrogens is 733 g/mol. The van der Waals surface area contributed by atoms with Crippen molar-refractivity contribution < 1.29 is 74.0 Å². The summed E-state index contributed by atoms with van der Waals surface area (Å²) in [5.74, 6) is -8.29. The van der Waals surface area contributed by atoms with E-state index in [1.54, 1.807) is 6.20 Å². The fraction of sp³-hybridized carbons (Fsp3) is 0.310. The molecule has 0 bridgehead atoms. The number of carboxylic acids is 3. The highest BCUT2D eigenvalue weighted by molar-refractivity contribution is 7.20. The Morgan fingerprint density at radius 1 is 0.784 bits per heavy atom. The maximum atomic E-state index is 13.4. The Labute approximate surface area is 285 Å². The number of amides is 1. The number of H-pyrrole nitrogens is 1. The van der Waals surface area contributed by atoms with E-state index >= 15 is 0 Å². The molecule has 0 aliphatic carbocycles. The number of thiazole rings is 1. The predicted molar refractivity (Wildman–Crippen MR) is 163 cm³/mol. The monoisotopic (exact) mass is 761 g/mol. The van der Waals surface area contributed by atoms with Crippen LogP contribution in [-0.2, 0) is 20.9 Å². The second-order valence-corrected chi connectivity index (χ2v) is 11.1. The normalized spacial score (nSPS) is 11.3. The third-order valence-corrected chi connectivity index (χ3v) is 6.70. The summed E-state index contributed by atoms with van der Waals surface area (Å²) in [6.07, 6.45) is -11.6. The van der Waals surface area contributed by atoms with Gasteiger partial charge in [0.15, 0.2) is 5.01 Å². The van der Waals surface area contributed by atoms with Crippen molar-refractivity contribution in [2.75, 3.05) is 27.2 Å². The van der Waals surface area contributed by atoms with E-state index < -0.39 is 36.4 Å². The molecule has 0 saturated heterocycles. The fourth-order valence-electron chi connectivity index (χ4n) is 3.34. The van der Waals surface area contributed by atoms with Gasteiger partial charge in [0.1, 0.15) is 0 Å². The number of aromatic amines is 1. The minimum absolute atomic E-state index is 0.0237. The number of likely N-dealkylation sites (N-methyl/N-ethyl adjacent to an activating group) is 1. The quantitative estimate of drug-likeness (QED) is 0.161. The number of aromatic nitrogens is 3. The van der Waals surface area contributed by atoms with Crippen molar-refractivity contribution >= 4 is 45.4 Å². The lowest BCUT2D eigenvalue weighted by Gasteiger charge is -2.24. The van der Waals surface area contributed by atoms with Crippen molar-refractivity contribution in [1.82, 2.24) is 25.0 Å². The molecule has 1 amide bonds. The summed E-state index contributed by atoms with van der Waals surface area (Å²) in [5.41, 5.74) is 5.25. The summed E-state index contributed by atoms with van der Waals surface area (Å²) in [5, 5.41) is 28.8. The second-order valence-electron chi connectivity index (χ2n) is 10.1. The van der Waals surface area contributed by atoms with Gasteiger partial charge in [-0.1, -0.05) is 35.9 Å². The number of halogens is 9. The third kappa shape index (κ3) is 15.9. The number of nitrogens with one attached hydrogen (secondary N) is 1. The van der Waals surface area contributed by atoms with E-state index in [2.05, 4.69) is 51.3 Å². The van der Waals surface area contributed by atoms with E-state index in [9.17, 15) is 44.3 Å². The van der Waals surface area contributed by atoms with Crippen LogP contribution in [0.2, 0.25) is 0 Å². The summed E-state index contributed by atoms with van der Waals surface area (Å²) in [6.45, 7) is 4.09. The Morgan fingerprint density at radius 2 is 1.31 bits per heavy atom. The van der Waals surface area contributed by atoms with Crippen LogP contribution in [0, 0.1) is 6.92 Å². The number of carbonyl (C=O) groups is 4. The number of hydrogen-bond acceptors (Lipinski definition) is 8. The van der Waals surface area contributed by atoms with Crippen LogP contribution in [-0.4, -0.2) is 110 Å². The topological polar surface area (TPSA) is 177 Å². The average Bonchev–Trinajstić information content (AvgIpc) is 3.69.